The minimum Gasteiger partial charge on any atom is -0.330 e. The second-order valence-electron chi connectivity index (χ2n) is 4.87. The Kier molecular flexibility index (Phi) is 2.71. The molecule has 1 aliphatic heterocycles. The number of hydrogen-bond acceptors (Lipinski definition) is 2. The van der Waals surface area contributed by atoms with E-state index in [0.29, 0.717) is 0 Å². The first kappa shape index (κ1) is 11.2. The molecule has 2 aliphatic rings. The van der Waals surface area contributed by atoms with E-state index in [1.54, 1.807) is 0 Å². The van der Waals surface area contributed by atoms with Crippen molar-refractivity contribution in [3.8, 4) is 0 Å². The minimum atomic E-state index is 0.123. The van der Waals surface area contributed by atoms with E-state index in [0.717, 1.165) is 42.5 Å². The second kappa shape index (κ2) is 4.10. The normalized spacial score (nSPS) is 21.6. The number of carbonyl (C=O) groups excluding carboxylic acids is 1. The monoisotopic (exact) mass is 294 g/mol. The highest BCUT2D eigenvalue weighted by atomic mass is 79.9. The topological polar surface area (TPSA) is 32.3 Å². The molecule has 1 aliphatic carbocycles. The van der Waals surface area contributed by atoms with Crippen LogP contribution in [0.4, 0.5) is 0 Å². The summed E-state index contributed by atoms with van der Waals surface area (Å²) in [5.74, 6) is 0.172. The number of hydrogen-bond donors (Lipinski definition) is 1. The molecule has 1 aromatic rings. The quantitative estimate of drug-likeness (QED) is 0.860. The van der Waals surface area contributed by atoms with E-state index in [4.69, 9.17) is 0 Å². The molecular formula is C13H15BrN2O. The van der Waals surface area contributed by atoms with Crippen molar-refractivity contribution in [2.45, 2.75) is 18.4 Å². The number of piperazine rings is 1. The largest absolute Gasteiger partial charge is 0.330 e. The molecule has 1 saturated carbocycles. The first-order valence-electron chi connectivity index (χ1n) is 6.00. The van der Waals surface area contributed by atoms with Gasteiger partial charge in [0.25, 0.3) is 5.91 Å². The zero-order valence-electron chi connectivity index (χ0n) is 9.58. The second-order valence-corrected chi connectivity index (χ2v) is 5.78. The fourth-order valence-corrected chi connectivity index (χ4v) is 2.93. The van der Waals surface area contributed by atoms with E-state index in [-0.39, 0.29) is 11.4 Å². The lowest BCUT2D eigenvalue weighted by molar-refractivity contribution is 0.0600. The summed E-state index contributed by atoms with van der Waals surface area (Å²) in [6.45, 7) is 2.68. The maximum Gasteiger partial charge on any atom is 0.254 e. The van der Waals surface area contributed by atoms with Gasteiger partial charge >= 0.3 is 0 Å². The Balaban J connectivity index is 1.86. The molecule has 1 amide bonds. The first-order valence-corrected chi connectivity index (χ1v) is 6.79. The van der Waals surface area contributed by atoms with Crippen LogP contribution in [0.5, 0.6) is 0 Å². The maximum absolute atomic E-state index is 12.5. The minimum absolute atomic E-state index is 0.123. The van der Waals surface area contributed by atoms with Gasteiger partial charge in [0.05, 0.1) is 5.54 Å². The van der Waals surface area contributed by atoms with Crippen LogP contribution in [0.15, 0.2) is 28.7 Å². The highest BCUT2D eigenvalue weighted by molar-refractivity contribution is 9.10. The summed E-state index contributed by atoms with van der Waals surface area (Å²) < 4.78 is 0.961. The van der Waals surface area contributed by atoms with Gasteiger partial charge in [-0.05, 0) is 31.0 Å². The van der Waals surface area contributed by atoms with Crippen LogP contribution in [0.25, 0.3) is 0 Å². The highest BCUT2D eigenvalue weighted by Crippen LogP contribution is 2.43. The van der Waals surface area contributed by atoms with Gasteiger partial charge in [0.1, 0.15) is 0 Å². The van der Waals surface area contributed by atoms with Crippen LogP contribution in [0, 0.1) is 0 Å². The van der Waals surface area contributed by atoms with Gasteiger partial charge < -0.3 is 10.2 Å². The van der Waals surface area contributed by atoms with Gasteiger partial charge in [0.15, 0.2) is 0 Å². The Morgan fingerprint density at radius 2 is 2.24 bits per heavy atom. The van der Waals surface area contributed by atoms with Crippen molar-refractivity contribution in [2.75, 3.05) is 19.6 Å². The number of carbonyl (C=O) groups is 1. The van der Waals surface area contributed by atoms with E-state index in [2.05, 4.69) is 26.1 Å². The summed E-state index contributed by atoms with van der Waals surface area (Å²) in [5, 5.41) is 3.38. The zero-order chi connectivity index (χ0) is 11.9. The average molecular weight is 295 g/mol. The fourth-order valence-electron chi connectivity index (χ4n) is 2.53. The van der Waals surface area contributed by atoms with Crippen molar-refractivity contribution in [3.05, 3.63) is 34.3 Å². The Morgan fingerprint density at radius 1 is 1.41 bits per heavy atom. The molecule has 0 radical (unpaired) electrons. The third-order valence-corrected chi connectivity index (χ3v) is 4.18. The van der Waals surface area contributed by atoms with Crippen LogP contribution < -0.4 is 5.32 Å². The smallest absolute Gasteiger partial charge is 0.254 e. The number of halogens is 1. The predicted molar refractivity (Wildman–Crippen MR) is 70.0 cm³/mol. The Labute approximate surface area is 109 Å². The maximum atomic E-state index is 12.5. The van der Waals surface area contributed by atoms with Crippen LogP contribution in [0.3, 0.4) is 0 Å². The van der Waals surface area contributed by atoms with E-state index >= 15 is 0 Å². The molecule has 2 fully saturated rings. The van der Waals surface area contributed by atoms with Crippen molar-refractivity contribution in [3.63, 3.8) is 0 Å². The summed E-state index contributed by atoms with van der Waals surface area (Å²) >= 11 is 3.42. The number of amides is 1. The molecule has 1 heterocycles. The van der Waals surface area contributed by atoms with Gasteiger partial charge in [0, 0.05) is 29.7 Å². The van der Waals surface area contributed by atoms with E-state index in [1.807, 2.05) is 24.3 Å². The highest BCUT2D eigenvalue weighted by Gasteiger charge is 2.51. The average Bonchev–Trinajstić information content (AvgIpc) is 3.09. The molecule has 0 bridgehead atoms. The molecule has 3 rings (SSSR count). The SMILES string of the molecule is O=C(c1cccc(Br)c1)N1CCNCC12CC2. The zero-order valence-corrected chi connectivity index (χ0v) is 11.2. The van der Waals surface area contributed by atoms with Crippen molar-refractivity contribution in [1.29, 1.82) is 0 Å². The third kappa shape index (κ3) is 2.00. The first-order chi connectivity index (χ1) is 8.21. The summed E-state index contributed by atoms with van der Waals surface area (Å²) in [5.41, 5.74) is 0.907. The summed E-state index contributed by atoms with van der Waals surface area (Å²) in [4.78, 5) is 14.5. The Hall–Kier alpha value is -0.870. The molecule has 3 nitrogen and oxygen atoms in total. The fraction of sp³-hybridized carbons (Fsp3) is 0.462. The molecule has 0 unspecified atom stereocenters. The Bertz CT molecular complexity index is 456. The number of rotatable bonds is 1. The van der Waals surface area contributed by atoms with Gasteiger partial charge in [-0.15, -0.1) is 0 Å². The van der Waals surface area contributed by atoms with Crippen LogP contribution in [0.1, 0.15) is 23.2 Å². The van der Waals surface area contributed by atoms with Crippen LogP contribution in [-0.2, 0) is 0 Å². The lowest BCUT2D eigenvalue weighted by Crippen LogP contribution is -2.55. The number of nitrogens with zero attached hydrogens (tertiary/aromatic N) is 1. The van der Waals surface area contributed by atoms with Gasteiger partial charge in [-0.2, -0.15) is 0 Å². The van der Waals surface area contributed by atoms with Gasteiger partial charge in [0.2, 0.25) is 0 Å². The predicted octanol–water partition coefficient (Wildman–Crippen LogP) is 2.03. The molecule has 1 spiro atoms. The summed E-state index contributed by atoms with van der Waals surface area (Å²) in [7, 11) is 0. The van der Waals surface area contributed by atoms with Crippen LogP contribution in [0.2, 0.25) is 0 Å². The molecule has 1 aromatic carbocycles. The van der Waals surface area contributed by atoms with Crippen molar-refractivity contribution in [1.82, 2.24) is 10.2 Å². The standard InChI is InChI=1S/C13H15BrN2O/c14-11-3-1-2-10(8-11)12(17)16-7-6-15-9-13(16)4-5-13/h1-3,8,15H,4-7,9H2. The summed E-state index contributed by atoms with van der Waals surface area (Å²) in [6, 6.07) is 7.66. The van der Waals surface area contributed by atoms with Gasteiger partial charge in [-0.25, -0.2) is 0 Å². The van der Waals surface area contributed by atoms with Crippen LogP contribution in [-0.4, -0.2) is 36.0 Å². The third-order valence-electron chi connectivity index (χ3n) is 3.68. The molecule has 90 valence electrons. The molecule has 0 aromatic heterocycles. The van der Waals surface area contributed by atoms with Crippen molar-refractivity contribution >= 4 is 21.8 Å². The van der Waals surface area contributed by atoms with E-state index in [9.17, 15) is 4.79 Å². The van der Waals surface area contributed by atoms with Gasteiger partial charge in [-0.1, -0.05) is 22.0 Å². The van der Waals surface area contributed by atoms with Crippen molar-refractivity contribution in [2.24, 2.45) is 0 Å². The molecule has 4 heteroatoms. The van der Waals surface area contributed by atoms with E-state index < -0.39 is 0 Å². The molecule has 1 saturated heterocycles. The lowest BCUT2D eigenvalue weighted by atomic mass is 10.1. The summed E-state index contributed by atoms with van der Waals surface area (Å²) in [6.07, 6.45) is 2.28. The molecular weight excluding hydrogens is 280 g/mol. The lowest BCUT2D eigenvalue weighted by Gasteiger charge is -2.36. The molecule has 17 heavy (non-hydrogen) atoms. The van der Waals surface area contributed by atoms with Gasteiger partial charge in [-0.3, -0.25) is 4.79 Å². The number of nitrogens with one attached hydrogen (secondary N) is 1. The van der Waals surface area contributed by atoms with E-state index in [1.165, 1.54) is 0 Å². The molecule has 0 atom stereocenters. The number of benzene rings is 1. The van der Waals surface area contributed by atoms with Crippen LogP contribution >= 0.6 is 15.9 Å². The Morgan fingerprint density at radius 3 is 2.94 bits per heavy atom. The van der Waals surface area contributed by atoms with Crippen molar-refractivity contribution < 1.29 is 4.79 Å². The molecule has 1 N–H and O–H groups in total.